The van der Waals surface area contributed by atoms with Crippen molar-refractivity contribution in [3.8, 4) is 17.4 Å². The van der Waals surface area contributed by atoms with Crippen molar-refractivity contribution in [2.45, 2.75) is 13.5 Å². The van der Waals surface area contributed by atoms with Gasteiger partial charge in [0.05, 0.1) is 12.8 Å². The summed E-state index contributed by atoms with van der Waals surface area (Å²) in [5.74, 6) is 1.44. The van der Waals surface area contributed by atoms with E-state index in [1.54, 1.807) is 6.07 Å². The molecule has 0 unspecified atom stereocenters. The van der Waals surface area contributed by atoms with E-state index in [1.807, 2.05) is 19.1 Å². The standard InChI is InChI=1S/C13H14ClN3O2/c1-2-18-12-5-9(6-15)3-4-11(12)19-13-10(14)7-16-8-17-13/h3-5,7-8H,2,6,15H2,1H3. The van der Waals surface area contributed by atoms with Crippen LogP contribution >= 0.6 is 11.6 Å². The number of aromatic nitrogens is 2. The Balaban J connectivity index is 2.31. The number of ether oxygens (including phenoxy) is 2. The number of halogens is 1. The van der Waals surface area contributed by atoms with Crippen LogP contribution in [0.4, 0.5) is 0 Å². The fourth-order valence-electron chi connectivity index (χ4n) is 1.51. The Bertz CT molecular complexity index is 563. The van der Waals surface area contributed by atoms with Gasteiger partial charge in [0.2, 0.25) is 5.88 Å². The second-order valence-corrected chi connectivity index (χ2v) is 4.10. The zero-order valence-electron chi connectivity index (χ0n) is 10.5. The molecule has 0 aliphatic carbocycles. The third-order valence-corrected chi connectivity index (χ3v) is 2.64. The number of hydrogen-bond acceptors (Lipinski definition) is 5. The number of benzene rings is 1. The van der Waals surface area contributed by atoms with Gasteiger partial charge in [-0.1, -0.05) is 17.7 Å². The highest BCUT2D eigenvalue weighted by atomic mass is 35.5. The van der Waals surface area contributed by atoms with Crippen LogP contribution in [0, 0.1) is 0 Å². The first kappa shape index (κ1) is 13.6. The molecule has 0 saturated carbocycles. The van der Waals surface area contributed by atoms with Crippen molar-refractivity contribution < 1.29 is 9.47 Å². The molecule has 100 valence electrons. The van der Waals surface area contributed by atoms with Crippen LogP contribution < -0.4 is 15.2 Å². The first-order chi connectivity index (χ1) is 9.24. The molecular formula is C13H14ClN3O2. The molecule has 1 aromatic heterocycles. The first-order valence-electron chi connectivity index (χ1n) is 5.83. The van der Waals surface area contributed by atoms with Gasteiger partial charge in [0, 0.05) is 6.54 Å². The molecule has 5 nitrogen and oxygen atoms in total. The largest absolute Gasteiger partial charge is 0.490 e. The van der Waals surface area contributed by atoms with Crippen molar-refractivity contribution >= 4 is 11.6 Å². The fraction of sp³-hybridized carbons (Fsp3) is 0.231. The summed E-state index contributed by atoms with van der Waals surface area (Å²) in [7, 11) is 0. The zero-order chi connectivity index (χ0) is 13.7. The minimum absolute atomic E-state index is 0.290. The summed E-state index contributed by atoms with van der Waals surface area (Å²) in [6.07, 6.45) is 2.84. The smallest absolute Gasteiger partial charge is 0.241 e. The van der Waals surface area contributed by atoms with E-state index in [-0.39, 0.29) is 5.88 Å². The van der Waals surface area contributed by atoms with Gasteiger partial charge in [-0.15, -0.1) is 0 Å². The predicted molar refractivity (Wildman–Crippen MR) is 72.6 cm³/mol. The summed E-state index contributed by atoms with van der Waals surface area (Å²) < 4.78 is 11.2. The van der Waals surface area contributed by atoms with Crippen LogP contribution in [0.5, 0.6) is 17.4 Å². The molecule has 0 atom stereocenters. The lowest BCUT2D eigenvalue weighted by Gasteiger charge is -2.12. The first-order valence-corrected chi connectivity index (χ1v) is 6.21. The molecule has 0 spiro atoms. The van der Waals surface area contributed by atoms with Crippen molar-refractivity contribution in [2.75, 3.05) is 6.61 Å². The predicted octanol–water partition coefficient (Wildman–Crippen LogP) is 2.78. The number of nitrogens with zero attached hydrogens (tertiary/aromatic N) is 2. The maximum Gasteiger partial charge on any atom is 0.241 e. The topological polar surface area (TPSA) is 70.3 Å². The van der Waals surface area contributed by atoms with Gasteiger partial charge in [0.1, 0.15) is 11.3 Å². The Hall–Kier alpha value is -1.85. The number of nitrogens with two attached hydrogens (primary N) is 1. The van der Waals surface area contributed by atoms with Crippen molar-refractivity contribution in [3.63, 3.8) is 0 Å². The van der Waals surface area contributed by atoms with Gasteiger partial charge in [0.15, 0.2) is 11.5 Å². The van der Waals surface area contributed by atoms with E-state index < -0.39 is 0 Å². The van der Waals surface area contributed by atoms with Crippen molar-refractivity contribution in [1.82, 2.24) is 9.97 Å². The average Bonchev–Trinajstić information content (AvgIpc) is 2.43. The van der Waals surface area contributed by atoms with Crippen LogP contribution in [-0.2, 0) is 6.54 Å². The highest BCUT2D eigenvalue weighted by molar-refractivity contribution is 6.31. The molecule has 0 aliphatic rings. The molecule has 0 bridgehead atoms. The van der Waals surface area contributed by atoms with E-state index >= 15 is 0 Å². The monoisotopic (exact) mass is 279 g/mol. The van der Waals surface area contributed by atoms with Crippen molar-refractivity contribution in [2.24, 2.45) is 5.73 Å². The minimum atomic E-state index is 0.290. The maximum absolute atomic E-state index is 5.95. The lowest BCUT2D eigenvalue weighted by Crippen LogP contribution is -2.00. The Kier molecular flexibility index (Phi) is 4.54. The molecular weight excluding hydrogens is 266 g/mol. The lowest BCUT2D eigenvalue weighted by molar-refractivity contribution is 0.319. The number of rotatable bonds is 5. The Morgan fingerprint density at radius 1 is 1.32 bits per heavy atom. The van der Waals surface area contributed by atoms with E-state index in [2.05, 4.69) is 9.97 Å². The molecule has 1 aromatic carbocycles. The van der Waals surface area contributed by atoms with Gasteiger partial charge < -0.3 is 15.2 Å². The third kappa shape index (κ3) is 3.33. The van der Waals surface area contributed by atoms with Crippen LogP contribution in [-0.4, -0.2) is 16.6 Å². The normalized spacial score (nSPS) is 10.3. The van der Waals surface area contributed by atoms with Gasteiger partial charge in [-0.2, -0.15) is 0 Å². The Morgan fingerprint density at radius 3 is 2.84 bits per heavy atom. The summed E-state index contributed by atoms with van der Waals surface area (Å²) in [4.78, 5) is 7.77. The summed E-state index contributed by atoms with van der Waals surface area (Å²) in [5, 5.41) is 0.341. The van der Waals surface area contributed by atoms with E-state index in [4.69, 9.17) is 26.8 Å². The second-order valence-electron chi connectivity index (χ2n) is 3.70. The molecule has 1 heterocycles. The highest BCUT2D eigenvalue weighted by Crippen LogP contribution is 2.34. The lowest BCUT2D eigenvalue weighted by atomic mass is 10.2. The molecule has 0 saturated heterocycles. The summed E-state index contributed by atoms with van der Waals surface area (Å²) in [6, 6.07) is 5.49. The Morgan fingerprint density at radius 2 is 2.16 bits per heavy atom. The third-order valence-electron chi connectivity index (χ3n) is 2.38. The quantitative estimate of drug-likeness (QED) is 0.911. The van der Waals surface area contributed by atoms with E-state index in [0.29, 0.717) is 29.7 Å². The maximum atomic E-state index is 5.95. The zero-order valence-corrected chi connectivity index (χ0v) is 11.2. The van der Waals surface area contributed by atoms with E-state index in [9.17, 15) is 0 Å². The molecule has 0 fully saturated rings. The van der Waals surface area contributed by atoms with Crippen molar-refractivity contribution in [3.05, 3.63) is 41.3 Å². The SMILES string of the molecule is CCOc1cc(CN)ccc1Oc1ncncc1Cl. The van der Waals surface area contributed by atoms with Crippen molar-refractivity contribution in [1.29, 1.82) is 0 Å². The Labute approximate surface area is 116 Å². The number of hydrogen-bond donors (Lipinski definition) is 1. The minimum Gasteiger partial charge on any atom is -0.490 e. The molecule has 2 N–H and O–H groups in total. The van der Waals surface area contributed by atoms with Gasteiger partial charge in [-0.05, 0) is 24.6 Å². The summed E-state index contributed by atoms with van der Waals surface area (Å²) in [5.41, 5.74) is 6.57. The van der Waals surface area contributed by atoms with E-state index in [0.717, 1.165) is 5.56 Å². The van der Waals surface area contributed by atoms with Crippen LogP contribution in [0.1, 0.15) is 12.5 Å². The van der Waals surface area contributed by atoms with Gasteiger partial charge >= 0.3 is 0 Å². The van der Waals surface area contributed by atoms with E-state index in [1.165, 1.54) is 12.5 Å². The fourth-order valence-corrected chi connectivity index (χ4v) is 1.66. The van der Waals surface area contributed by atoms with Gasteiger partial charge in [0.25, 0.3) is 0 Å². The van der Waals surface area contributed by atoms with Gasteiger partial charge in [-0.3, -0.25) is 0 Å². The summed E-state index contributed by atoms with van der Waals surface area (Å²) in [6.45, 7) is 2.87. The molecule has 0 amide bonds. The summed E-state index contributed by atoms with van der Waals surface area (Å²) >= 11 is 5.95. The molecule has 2 rings (SSSR count). The molecule has 6 heteroatoms. The second kappa shape index (κ2) is 6.36. The van der Waals surface area contributed by atoms with Gasteiger partial charge in [-0.25, -0.2) is 9.97 Å². The van der Waals surface area contributed by atoms with Crippen LogP contribution in [0.15, 0.2) is 30.7 Å². The average molecular weight is 280 g/mol. The molecule has 2 aromatic rings. The van der Waals surface area contributed by atoms with Crippen LogP contribution in [0.3, 0.4) is 0 Å². The van der Waals surface area contributed by atoms with Crippen LogP contribution in [0.2, 0.25) is 5.02 Å². The van der Waals surface area contributed by atoms with Crippen LogP contribution in [0.25, 0.3) is 0 Å². The molecule has 0 aliphatic heterocycles. The highest BCUT2D eigenvalue weighted by Gasteiger charge is 2.10. The molecule has 19 heavy (non-hydrogen) atoms. The molecule has 0 radical (unpaired) electrons.